The summed E-state index contributed by atoms with van der Waals surface area (Å²) < 4.78 is 12.3. The van der Waals surface area contributed by atoms with Gasteiger partial charge in [-0.1, -0.05) is 86.3 Å². The van der Waals surface area contributed by atoms with Crippen LogP contribution in [0.1, 0.15) is 75.3 Å². The molecule has 1 heterocycles. The summed E-state index contributed by atoms with van der Waals surface area (Å²) in [5.74, 6) is 0.0476. The van der Waals surface area contributed by atoms with Crippen LogP contribution in [0.25, 0.3) is 0 Å². The minimum atomic E-state index is -0.453. The van der Waals surface area contributed by atoms with E-state index in [-0.39, 0.29) is 17.5 Å². The Morgan fingerprint density at radius 1 is 0.829 bits per heavy atom. The number of benzene rings is 2. The molecule has 4 nitrogen and oxygen atoms in total. The molecule has 0 bridgehead atoms. The Morgan fingerprint density at radius 3 is 2.11 bits per heavy atom. The smallest absolute Gasteiger partial charge is 0.316 e. The van der Waals surface area contributed by atoms with Crippen LogP contribution in [0.5, 0.6) is 0 Å². The molecule has 1 spiro atoms. The molecule has 2 saturated carbocycles. The highest BCUT2D eigenvalue weighted by molar-refractivity contribution is 5.83. The molecule has 0 aromatic heterocycles. The molecular formula is C31H41NO3. The number of hydrogen-bond donors (Lipinski definition) is 0. The van der Waals surface area contributed by atoms with E-state index in [1.165, 1.54) is 24.8 Å². The van der Waals surface area contributed by atoms with Gasteiger partial charge in [0.15, 0.2) is 0 Å². The van der Waals surface area contributed by atoms with E-state index in [1.54, 1.807) is 0 Å². The summed E-state index contributed by atoms with van der Waals surface area (Å²) in [6, 6.07) is 20.8. The molecule has 0 amide bonds. The number of likely N-dealkylation sites (tertiary alicyclic amines) is 1. The predicted molar refractivity (Wildman–Crippen MR) is 139 cm³/mol. The van der Waals surface area contributed by atoms with Crippen molar-refractivity contribution in [2.45, 2.75) is 82.3 Å². The summed E-state index contributed by atoms with van der Waals surface area (Å²) >= 11 is 0. The topological polar surface area (TPSA) is 38.8 Å². The second kappa shape index (κ2) is 11.3. The van der Waals surface area contributed by atoms with Gasteiger partial charge in [0.05, 0.1) is 18.6 Å². The number of nitrogens with zero attached hydrogens (tertiary/aromatic N) is 1. The highest BCUT2D eigenvalue weighted by Gasteiger charge is 2.52. The minimum absolute atomic E-state index is 0.0476. The first-order chi connectivity index (χ1) is 17.2. The number of rotatable bonds is 8. The molecule has 188 valence electrons. The van der Waals surface area contributed by atoms with E-state index in [4.69, 9.17) is 9.47 Å². The Hall–Kier alpha value is -2.17. The minimum Gasteiger partial charge on any atom is -0.461 e. The first-order valence-corrected chi connectivity index (χ1v) is 13.8. The SMILES string of the molecule is O=C(O[C@H]1CCC12CCN(CCOCc1ccccc1)CC2)C1(c2ccccc2)CCCCCC1. The van der Waals surface area contributed by atoms with E-state index in [2.05, 4.69) is 53.4 Å². The second-order valence-corrected chi connectivity index (χ2v) is 11.0. The van der Waals surface area contributed by atoms with Gasteiger partial charge in [-0.2, -0.15) is 0 Å². The van der Waals surface area contributed by atoms with Crippen molar-refractivity contribution in [1.82, 2.24) is 4.90 Å². The van der Waals surface area contributed by atoms with Gasteiger partial charge in [0.25, 0.3) is 0 Å². The fraction of sp³-hybridized carbons (Fsp3) is 0.581. The van der Waals surface area contributed by atoms with Gasteiger partial charge in [0, 0.05) is 12.0 Å². The van der Waals surface area contributed by atoms with Gasteiger partial charge in [-0.3, -0.25) is 4.79 Å². The summed E-state index contributed by atoms with van der Waals surface area (Å²) in [7, 11) is 0. The lowest BCUT2D eigenvalue weighted by Crippen LogP contribution is -2.55. The van der Waals surface area contributed by atoms with Gasteiger partial charge in [-0.15, -0.1) is 0 Å². The van der Waals surface area contributed by atoms with E-state index in [1.807, 2.05) is 12.1 Å². The summed E-state index contributed by atoms with van der Waals surface area (Å²) in [5.41, 5.74) is 2.13. The van der Waals surface area contributed by atoms with Crippen LogP contribution in [0.2, 0.25) is 0 Å². The maximum Gasteiger partial charge on any atom is 0.316 e. The van der Waals surface area contributed by atoms with E-state index >= 15 is 0 Å². The van der Waals surface area contributed by atoms with Gasteiger partial charge >= 0.3 is 5.97 Å². The molecule has 1 saturated heterocycles. The van der Waals surface area contributed by atoms with Crippen molar-refractivity contribution in [2.24, 2.45) is 5.41 Å². The number of carbonyl (C=O) groups is 1. The maximum absolute atomic E-state index is 13.8. The van der Waals surface area contributed by atoms with Crippen molar-refractivity contribution in [3.8, 4) is 0 Å². The summed E-state index contributed by atoms with van der Waals surface area (Å²) in [6.07, 6.45) is 11.1. The molecule has 2 aliphatic carbocycles. The fourth-order valence-electron chi connectivity index (χ4n) is 6.55. The second-order valence-electron chi connectivity index (χ2n) is 11.0. The van der Waals surface area contributed by atoms with Crippen LogP contribution in [-0.2, 0) is 26.3 Å². The zero-order valence-corrected chi connectivity index (χ0v) is 21.1. The molecular weight excluding hydrogens is 434 g/mol. The molecule has 35 heavy (non-hydrogen) atoms. The third kappa shape index (κ3) is 5.49. The third-order valence-corrected chi connectivity index (χ3v) is 9.03. The molecule has 4 heteroatoms. The van der Waals surface area contributed by atoms with Gasteiger partial charge in [0.2, 0.25) is 0 Å². The standard InChI is InChI=1S/C31H41NO3/c33-29(31(16-9-1-2-10-17-31)27-13-7-4-8-14-27)35-28-15-18-30(28)19-21-32(22-20-30)23-24-34-25-26-11-5-3-6-12-26/h3-8,11-14,28H,1-2,9-10,15-25H2/t28-/m0/s1. The molecule has 3 fully saturated rings. The van der Waals surface area contributed by atoms with Crippen molar-refractivity contribution in [3.05, 3.63) is 71.8 Å². The number of carbonyl (C=O) groups excluding carboxylic acids is 1. The monoisotopic (exact) mass is 475 g/mol. The van der Waals surface area contributed by atoms with Crippen molar-refractivity contribution < 1.29 is 14.3 Å². The average molecular weight is 476 g/mol. The number of hydrogen-bond acceptors (Lipinski definition) is 4. The molecule has 0 N–H and O–H groups in total. The summed E-state index contributed by atoms with van der Waals surface area (Å²) in [4.78, 5) is 16.3. The Balaban J connectivity index is 1.14. The van der Waals surface area contributed by atoms with Crippen molar-refractivity contribution >= 4 is 5.97 Å². The Labute approximate surface area is 211 Å². The van der Waals surface area contributed by atoms with Gasteiger partial charge < -0.3 is 14.4 Å². The molecule has 1 atom stereocenters. The van der Waals surface area contributed by atoms with Crippen molar-refractivity contribution in [3.63, 3.8) is 0 Å². The highest BCUT2D eigenvalue weighted by atomic mass is 16.5. The average Bonchev–Trinajstić information content (AvgIpc) is 3.18. The van der Waals surface area contributed by atoms with E-state index in [9.17, 15) is 4.79 Å². The quantitative estimate of drug-likeness (QED) is 0.256. The zero-order valence-electron chi connectivity index (χ0n) is 21.1. The molecule has 2 aromatic rings. The molecule has 1 aliphatic heterocycles. The van der Waals surface area contributed by atoms with Crippen LogP contribution in [0.3, 0.4) is 0 Å². The molecule has 0 unspecified atom stereocenters. The van der Waals surface area contributed by atoms with Crippen molar-refractivity contribution in [1.29, 1.82) is 0 Å². The van der Waals surface area contributed by atoms with Crippen LogP contribution in [0.4, 0.5) is 0 Å². The maximum atomic E-state index is 13.8. The van der Waals surface area contributed by atoms with Crippen molar-refractivity contribution in [2.75, 3.05) is 26.2 Å². The lowest BCUT2D eigenvalue weighted by atomic mass is 9.60. The number of piperidine rings is 1. The summed E-state index contributed by atoms with van der Waals surface area (Å²) in [5, 5.41) is 0. The molecule has 2 aromatic carbocycles. The van der Waals surface area contributed by atoms with E-state index in [0.29, 0.717) is 6.61 Å². The lowest BCUT2D eigenvalue weighted by Gasteiger charge is -2.53. The Bertz CT molecular complexity index is 928. The first-order valence-electron chi connectivity index (χ1n) is 13.8. The van der Waals surface area contributed by atoms with Gasteiger partial charge in [0.1, 0.15) is 6.10 Å². The normalized spacial score (nSPS) is 23.8. The fourth-order valence-corrected chi connectivity index (χ4v) is 6.55. The van der Waals surface area contributed by atoms with Crippen LogP contribution in [0.15, 0.2) is 60.7 Å². The first kappa shape index (κ1) is 24.5. The van der Waals surface area contributed by atoms with E-state index in [0.717, 1.165) is 76.8 Å². The largest absolute Gasteiger partial charge is 0.461 e. The Kier molecular flexibility index (Phi) is 7.89. The molecule has 0 radical (unpaired) electrons. The van der Waals surface area contributed by atoms with Gasteiger partial charge in [-0.25, -0.2) is 0 Å². The van der Waals surface area contributed by atoms with Gasteiger partial charge in [-0.05, 0) is 62.7 Å². The lowest BCUT2D eigenvalue weighted by molar-refractivity contribution is -0.183. The Morgan fingerprint density at radius 2 is 1.49 bits per heavy atom. The van der Waals surface area contributed by atoms with Crippen LogP contribution in [0, 0.1) is 5.41 Å². The predicted octanol–water partition coefficient (Wildman–Crippen LogP) is 6.28. The summed E-state index contributed by atoms with van der Waals surface area (Å²) in [6.45, 7) is 4.57. The van der Waals surface area contributed by atoms with Crippen LogP contribution < -0.4 is 0 Å². The number of esters is 1. The zero-order chi connectivity index (χ0) is 24.0. The molecule has 3 aliphatic rings. The molecule has 5 rings (SSSR count). The van der Waals surface area contributed by atoms with Crippen LogP contribution in [-0.4, -0.2) is 43.2 Å². The highest BCUT2D eigenvalue weighted by Crippen LogP contribution is 2.52. The van der Waals surface area contributed by atoms with Crippen LogP contribution >= 0.6 is 0 Å². The van der Waals surface area contributed by atoms with E-state index < -0.39 is 5.41 Å². The number of ether oxygens (including phenoxy) is 2. The third-order valence-electron chi connectivity index (χ3n) is 9.03.